The number of rotatable bonds is 2. The van der Waals surface area contributed by atoms with Crippen molar-refractivity contribution in [1.82, 2.24) is 0 Å². The maximum absolute atomic E-state index is 11.1. The summed E-state index contributed by atoms with van der Waals surface area (Å²) < 4.78 is 0. The van der Waals surface area contributed by atoms with Crippen LogP contribution in [-0.4, -0.2) is 12.3 Å². The van der Waals surface area contributed by atoms with Gasteiger partial charge in [0, 0.05) is 23.4 Å². The van der Waals surface area contributed by atoms with Crippen molar-refractivity contribution in [3.8, 4) is 0 Å². The van der Waals surface area contributed by atoms with Gasteiger partial charge < -0.3 is 4.90 Å². The van der Waals surface area contributed by atoms with Gasteiger partial charge in [0.25, 0.3) is 0 Å². The van der Waals surface area contributed by atoms with Crippen molar-refractivity contribution in [2.75, 3.05) is 4.90 Å². The van der Waals surface area contributed by atoms with Crippen LogP contribution in [0, 0.1) is 6.92 Å². The Balaban J connectivity index is 2.20. The molecule has 0 unspecified atom stereocenters. The first-order valence-corrected chi connectivity index (χ1v) is 5.97. The number of aryl methyl sites for hydroxylation is 1. The molecule has 1 aromatic carbocycles. The molecule has 2 aliphatic rings. The number of fused-ring (bicyclic) bond motifs is 1. The number of carbonyl (C=O) groups is 1. The highest BCUT2D eigenvalue weighted by molar-refractivity contribution is 6.03. The topological polar surface area (TPSA) is 20.3 Å². The zero-order valence-corrected chi connectivity index (χ0v) is 9.94. The quantitative estimate of drug-likeness (QED) is 0.721. The lowest BCUT2D eigenvalue weighted by Gasteiger charge is -2.30. The Bertz CT molecular complexity index is 538. The van der Waals surface area contributed by atoms with Crippen molar-refractivity contribution in [3.63, 3.8) is 0 Å². The summed E-state index contributed by atoms with van der Waals surface area (Å²) in [6.07, 6.45) is 5.29. The zero-order chi connectivity index (χ0) is 12.0. The smallest absolute Gasteiger partial charge is 0.152 e. The summed E-state index contributed by atoms with van der Waals surface area (Å²) in [6.45, 7) is 6.15. The summed E-state index contributed by atoms with van der Waals surface area (Å²) in [5, 5.41) is 0. The molecule has 0 amide bonds. The van der Waals surface area contributed by atoms with Crippen molar-refractivity contribution < 1.29 is 4.79 Å². The molecule has 1 aromatic rings. The van der Waals surface area contributed by atoms with Crippen LogP contribution < -0.4 is 4.90 Å². The third-order valence-electron chi connectivity index (χ3n) is 3.51. The van der Waals surface area contributed by atoms with Gasteiger partial charge >= 0.3 is 0 Å². The minimum Gasteiger partial charge on any atom is -0.343 e. The molecule has 0 aromatic heterocycles. The zero-order valence-electron chi connectivity index (χ0n) is 9.94. The molecule has 17 heavy (non-hydrogen) atoms. The lowest BCUT2D eigenvalue weighted by atomic mass is 9.93. The molecule has 1 aliphatic heterocycles. The van der Waals surface area contributed by atoms with Crippen LogP contribution in [0.3, 0.4) is 0 Å². The molecule has 3 rings (SSSR count). The van der Waals surface area contributed by atoms with E-state index in [0.29, 0.717) is 11.6 Å². The van der Waals surface area contributed by atoms with E-state index in [0.717, 1.165) is 17.4 Å². The van der Waals surface area contributed by atoms with Crippen LogP contribution in [-0.2, 0) is 4.79 Å². The highest BCUT2D eigenvalue weighted by Crippen LogP contribution is 2.42. The van der Waals surface area contributed by atoms with E-state index in [9.17, 15) is 4.79 Å². The highest BCUT2D eigenvalue weighted by Gasteiger charge is 2.33. The predicted molar refractivity (Wildman–Crippen MR) is 69.9 cm³/mol. The Morgan fingerprint density at radius 1 is 1.41 bits per heavy atom. The van der Waals surface area contributed by atoms with Gasteiger partial charge in [-0.3, -0.25) is 4.79 Å². The molecule has 0 atom stereocenters. The van der Waals surface area contributed by atoms with E-state index in [2.05, 4.69) is 30.5 Å². The Kier molecular flexibility index (Phi) is 2.18. The van der Waals surface area contributed by atoms with Crippen molar-refractivity contribution in [3.05, 3.63) is 47.7 Å². The van der Waals surface area contributed by atoms with Gasteiger partial charge in [-0.2, -0.15) is 0 Å². The minimum atomic E-state index is 0.567. The monoisotopic (exact) mass is 225 g/mol. The summed E-state index contributed by atoms with van der Waals surface area (Å²) in [7, 11) is 0. The van der Waals surface area contributed by atoms with Gasteiger partial charge in [-0.05, 0) is 30.9 Å². The number of benzene rings is 1. The lowest BCUT2D eigenvalue weighted by Crippen LogP contribution is -2.25. The molecular formula is C15H15NO. The standard InChI is InChI=1S/C15H15NO/c1-10-4-3-5-14-11(2)12(9-17)8-16(15(10)14)13-6-7-13/h3-5,8-9,13H,2,6-7H2,1H3. The number of anilines is 1. The normalized spacial score (nSPS) is 18.8. The first-order chi connectivity index (χ1) is 8.22. The fraction of sp³-hybridized carbons (Fsp3) is 0.267. The summed E-state index contributed by atoms with van der Waals surface area (Å²) in [6, 6.07) is 6.76. The average molecular weight is 225 g/mol. The second-order valence-electron chi connectivity index (χ2n) is 4.79. The Labute approximate surface area is 101 Å². The lowest BCUT2D eigenvalue weighted by molar-refractivity contribution is -0.104. The van der Waals surface area contributed by atoms with E-state index in [1.807, 2.05) is 12.3 Å². The van der Waals surface area contributed by atoms with E-state index in [1.54, 1.807) is 0 Å². The largest absolute Gasteiger partial charge is 0.343 e. The molecule has 1 aliphatic carbocycles. The van der Waals surface area contributed by atoms with E-state index in [-0.39, 0.29) is 0 Å². The molecule has 1 saturated carbocycles. The summed E-state index contributed by atoms with van der Waals surface area (Å²) in [5.74, 6) is 0. The average Bonchev–Trinajstić information content (AvgIpc) is 3.15. The van der Waals surface area contributed by atoms with Gasteiger partial charge in [-0.15, -0.1) is 0 Å². The molecule has 1 fully saturated rings. The van der Waals surface area contributed by atoms with Gasteiger partial charge in [-0.25, -0.2) is 0 Å². The molecule has 0 saturated heterocycles. The summed E-state index contributed by atoms with van der Waals surface area (Å²) in [4.78, 5) is 13.4. The number of carbonyl (C=O) groups excluding carboxylic acids is 1. The van der Waals surface area contributed by atoms with Crippen molar-refractivity contribution in [1.29, 1.82) is 0 Å². The highest BCUT2D eigenvalue weighted by atomic mass is 16.1. The first kappa shape index (κ1) is 10.3. The maximum Gasteiger partial charge on any atom is 0.152 e. The fourth-order valence-electron chi connectivity index (χ4n) is 2.44. The molecule has 2 nitrogen and oxygen atoms in total. The molecule has 0 spiro atoms. The number of hydrogen-bond acceptors (Lipinski definition) is 2. The Hall–Kier alpha value is -1.83. The van der Waals surface area contributed by atoms with Gasteiger partial charge in [0.15, 0.2) is 6.29 Å². The molecule has 2 heteroatoms. The molecule has 86 valence electrons. The Morgan fingerprint density at radius 2 is 2.18 bits per heavy atom. The summed E-state index contributed by atoms with van der Waals surface area (Å²) >= 11 is 0. The molecule has 0 N–H and O–H groups in total. The van der Waals surface area contributed by atoms with Crippen molar-refractivity contribution in [2.45, 2.75) is 25.8 Å². The van der Waals surface area contributed by atoms with Crippen LogP contribution in [0.2, 0.25) is 0 Å². The minimum absolute atomic E-state index is 0.567. The van der Waals surface area contributed by atoms with E-state index < -0.39 is 0 Å². The van der Waals surface area contributed by atoms with Crippen LogP contribution in [0.5, 0.6) is 0 Å². The number of hydrogen-bond donors (Lipinski definition) is 0. The van der Waals surface area contributed by atoms with E-state index >= 15 is 0 Å². The van der Waals surface area contributed by atoms with Gasteiger partial charge in [-0.1, -0.05) is 24.8 Å². The van der Waals surface area contributed by atoms with Crippen LogP contribution in [0.1, 0.15) is 24.0 Å². The van der Waals surface area contributed by atoms with Crippen LogP contribution in [0.15, 0.2) is 36.6 Å². The SMILES string of the molecule is C=C1C(C=O)=CN(C2CC2)c2c(C)cccc21. The molecule has 1 heterocycles. The third kappa shape index (κ3) is 1.52. The first-order valence-electron chi connectivity index (χ1n) is 5.97. The van der Waals surface area contributed by atoms with Crippen molar-refractivity contribution in [2.24, 2.45) is 0 Å². The predicted octanol–water partition coefficient (Wildman–Crippen LogP) is 3.07. The molecular weight excluding hydrogens is 210 g/mol. The van der Waals surface area contributed by atoms with Crippen LogP contribution in [0.4, 0.5) is 5.69 Å². The van der Waals surface area contributed by atoms with Gasteiger partial charge in [0.05, 0.1) is 5.69 Å². The van der Waals surface area contributed by atoms with E-state index in [1.165, 1.54) is 24.1 Å². The number of para-hydroxylation sites is 1. The van der Waals surface area contributed by atoms with Crippen LogP contribution >= 0.6 is 0 Å². The number of aldehydes is 1. The maximum atomic E-state index is 11.1. The summed E-state index contributed by atoms with van der Waals surface area (Å²) in [5.41, 5.74) is 5.12. The number of nitrogens with zero attached hydrogens (tertiary/aromatic N) is 1. The third-order valence-corrected chi connectivity index (χ3v) is 3.51. The Morgan fingerprint density at radius 3 is 2.82 bits per heavy atom. The fourth-order valence-corrected chi connectivity index (χ4v) is 2.44. The molecule has 0 radical (unpaired) electrons. The number of allylic oxidation sites excluding steroid dienone is 2. The second kappa shape index (κ2) is 3.59. The second-order valence-corrected chi connectivity index (χ2v) is 4.79. The molecule has 0 bridgehead atoms. The van der Waals surface area contributed by atoms with Gasteiger partial charge in [0.1, 0.15) is 0 Å². The van der Waals surface area contributed by atoms with Crippen molar-refractivity contribution >= 4 is 17.5 Å². The van der Waals surface area contributed by atoms with E-state index in [4.69, 9.17) is 0 Å². The van der Waals surface area contributed by atoms with Gasteiger partial charge in [0.2, 0.25) is 0 Å². The van der Waals surface area contributed by atoms with Crippen LogP contribution in [0.25, 0.3) is 5.57 Å².